The average Bonchev–Trinajstić information content (AvgIpc) is 0.822. The Hall–Kier alpha value is -3.59. The van der Waals surface area contributed by atoms with Crippen molar-refractivity contribution in [3.63, 3.8) is 0 Å². The van der Waals surface area contributed by atoms with Gasteiger partial charge in [0.1, 0.15) is 6.61 Å². The maximum absolute atomic E-state index is 12.5. The maximum Gasteiger partial charge on any atom is 0.472 e. The summed E-state index contributed by atoms with van der Waals surface area (Å²) in [5, 5.41) is 2.72. The Morgan fingerprint density at radius 2 is 0.821 bits per heavy atom. The summed E-state index contributed by atoms with van der Waals surface area (Å²) in [6.07, 6.45) is 55.8. The van der Waals surface area contributed by atoms with Crippen molar-refractivity contribution < 1.29 is 104 Å². The van der Waals surface area contributed by atoms with Crippen LogP contribution in [0, 0.1) is 5.41 Å². The first-order chi connectivity index (χ1) is 56.9. The normalized spacial score (nSPS) is 13.9. The number of phosphoric ester groups is 1. The number of hydrogen-bond acceptors (Lipinski definition) is 21. The molecule has 0 aromatic heterocycles. The first kappa shape index (κ1) is 115. The Bertz CT molecular complexity index is 2440. The zero-order valence-electron chi connectivity index (χ0n) is 76.2. The molecule has 2 atom stereocenters. The minimum atomic E-state index is -4.27. The molecule has 0 fully saturated rings. The van der Waals surface area contributed by atoms with E-state index in [1.54, 1.807) is 20.1 Å². The lowest BCUT2D eigenvalue weighted by molar-refractivity contribution is -0.161. The number of rotatable bonds is 85. The van der Waals surface area contributed by atoms with Gasteiger partial charge in [0, 0.05) is 52.6 Å². The van der Waals surface area contributed by atoms with E-state index in [1.807, 2.05) is 26.0 Å². The maximum atomic E-state index is 12.5. The van der Waals surface area contributed by atoms with Crippen molar-refractivity contribution >= 4 is 31.5 Å². The zero-order valence-corrected chi connectivity index (χ0v) is 77.1. The number of hydrogen-bond donors (Lipinski definition) is 2. The third-order valence-corrected chi connectivity index (χ3v) is 20.3. The van der Waals surface area contributed by atoms with Crippen LogP contribution in [0.5, 0.6) is 0 Å². The molecular formula is C93H174NO22P. The molecule has 688 valence electrons. The highest BCUT2D eigenvalue weighted by Gasteiger charge is 2.27. The van der Waals surface area contributed by atoms with Gasteiger partial charge < -0.3 is 76.5 Å². The van der Waals surface area contributed by atoms with E-state index in [4.69, 9.17) is 75.4 Å². The zero-order chi connectivity index (χ0) is 86.1. The molecule has 23 nitrogen and oxygen atoms in total. The van der Waals surface area contributed by atoms with Crippen LogP contribution in [0.1, 0.15) is 320 Å². The summed E-state index contributed by atoms with van der Waals surface area (Å²) >= 11 is 0. The van der Waals surface area contributed by atoms with Crippen LogP contribution in [0.4, 0.5) is 0 Å². The average molecular weight is 1690 g/mol. The fourth-order valence-corrected chi connectivity index (χ4v) is 13.3. The lowest BCUT2D eigenvalue weighted by atomic mass is 9.72. The van der Waals surface area contributed by atoms with Gasteiger partial charge >= 0.3 is 19.8 Å². The standard InChI is InChI=1S/C41H81O8P.C34H56O7.C18H37NO7/c1-4-7-9-11-13-15-17-19-21-23-25-27-29-31-33-35-40(42)46-37-39(38-48-50(44,45)47-6-3)49-41(43)36-34-32-30-28-26-24-22-20-18-16-14-12-10-8-5-2;1-29(14-15-33-31(3)12-8-16-34(33,4)5)10-7-11-30(2)28-32(35)13-9-17-37-20-21-39-24-25-41-27-26-40-23-22-38-19-18-36-6;1-3-6-21-8-10-23-12-14-25-16-17-26-15-13-24-11-9-22-7-5-18(20)19-4-2/h39H,4-38H2,1-3H3,(H,44,45);7,10-11,14-15,28H,8-9,12-13,16-27H2,1-6H3;3-17H2,1-2H3,(H,19,20)/b;11-7+,15-14+,29-10+,30-28+;/t39-;;/m1../s1. The van der Waals surface area contributed by atoms with Gasteiger partial charge in [0.05, 0.1) is 152 Å². The van der Waals surface area contributed by atoms with Gasteiger partial charge in [-0.1, -0.05) is 256 Å². The SMILES string of the molecule is CCCCCCCCCCCCCCCCCC(=O)OC[C@H](COP(=O)(O)OCC)OC(=O)CCCCCCCCCCCCCCCCC.CCCOCCOCCOCCOCCOCCOCCC(=O)NCC.COCCOCCOCCOCCOCCOCCCC(=O)/C=C(C)/C=C/C=C(C)/C=C/C1=C(C)CCCC1(C)C. The van der Waals surface area contributed by atoms with E-state index in [-0.39, 0.29) is 49.3 Å². The number of amides is 1. The lowest BCUT2D eigenvalue weighted by Gasteiger charge is -2.32. The Labute approximate surface area is 712 Å². The molecule has 0 bridgehead atoms. The third kappa shape index (κ3) is 87.1. The van der Waals surface area contributed by atoms with Gasteiger partial charge in [-0.15, -0.1) is 0 Å². The second-order valence-electron chi connectivity index (χ2n) is 30.8. The fraction of sp³-hybridized carbons (Fsp3) is 0.849. The number of carbonyl (C=O) groups is 4. The topological polar surface area (TPSA) is 265 Å². The molecule has 0 saturated carbocycles. The Kier molecular flexibility index (Phi) is 89.0. The number of unbranched alkanes of at least 4 members (excludes halogenated alkanes) is 28. The third-order valence-electron chi connectivity index (χ3n) is 19.3. The summed E-state index contributed by atoms with van der Waals surface area (Å²) in [6.45, 7) is 33.7. The summed E-state index contributed by atoms with van der Waals surface area (Å²) in [4.78, 5) is 58.1. The molecule has 24 heteroatoms. The van der Waals surface area contributed by atoms with Gasteiger partial charge in [-0.25, -0.2) is 4.57 Å². The van der Waals surface area contributed by atoms with E-state index in [0.717, 1.165) is 57.1 Å². The number of ether oxygens (including phenoxy) is 14. The predicted octanol–water partition coefficient (Wildman–Crippen LogP) is 20.7. The molecule has 1 rings (SSSR count). The van der Waals surface area contributed by atoms with E-state index in [9.17, 15) is 28.6 Å². The molecule has 117 heavy (non-hydrogen) atoms. The van der Waals surface area contributed by atoms with Crippen LogP contribution < -0.4 is 5.32 Å². The number of ketones is 1. The monoisotopic (exact) mass is 1690 g/mol. The molecule has 0 radical (unpaired) electrons. The molecule has 1 aliphatic carbocycles. The van der Waals surface area contributed by atoms with Crippen molar-refractivity contribution in [3.05, 3.63) is 58.7 Å². The van der Waals surface area contributed by atoms with Crippen molar-refractivity contribution in [2.75, 3.05) is 185 Å². The molecule has 0 spiro atoms. The van der Waals surface area contributed by atoms with Gasteiger partial charge in [-0.2, -0.15) is 0 Å². The largest absolute Gasteiger partial charge is 0.472 e. The second kappa shape index (κ2) is 90.1. The molecule has 1 aliphatic rings. The minimum absolute atomic E-state index is 0.00562. The number of methoxy groups -OCH3 is 1. The summed E-state index contributed by atoms with van der Waals surface area (Å²) in [5.41, 5.74) is 5.37. The van der Waals surface area contributed by atoms with Crippen molar-refractivity contribution in [2.24, 2.45) is 5.41 Å². The van der Waals surface area contributed by atoms with Crippen molar-refractivity contribution in [1.82, 2.24) is 5.32 Å². The van der Waals surface area contributed by atoms with Gasteiger partial charge in [0.25, 0.3) is 0 Å². The van der Waals surface area contributed by atoms with Gasteiger partial charge in [0.15, 0.2) is 11.9 Å². The summed E-state index contributed by atoms with van der Waals surface area (Å²) < 4.78 is 96.8. The second-order valence-corrected chi connectivity index (χ2v) is 32.3. The van der Waals surface area contributed by atoms with Crippen molar-refractivity contribution in [1.29, 1.82) is 0 Å². The molecule has 2 N–H and O–H groups in total. The molecule has 1 unspecified atom stereocenters. The van der Waals surface area contributed by atoms with Crippen LogP contribution in [-0.2, 0) is 99.1 Å². The molecule has 0 saturated heterocycles. The highest BCUT2D eigenvalue weighted by molar-refractivity contribution is 7.47. The number of nitrogens with one attached hydrogen (secondary N) is 1. The van der Waals surface area contributed by atoms with Crippen LogP contribution in [-0.4, -0.2) is 220 Å². The molecule has 0 aliphatic heterocycles. The molecule has 0 aromatic carbocycles. The molecular weight excluding hydrogens is 1510 g/mol. The number of allylic oxidation sites excluding steroid dienone is 10. The molecule has 0 aromatic rings. The Morgan fingerprint density at radius 1 is 0.436 bits per heavy atom. The lowest BCUT2D eigenvalue weighted by Crippen LogP contribution is -2.29. The van der Waals surface area contributed by atoms with Gasteiger partial charge in [0.2, 0.25) is 5.91 Å². The van der Waals surface area contributed by atoms with Gasteiger partial charge in [-0.3, -0.25) is 28.2 Å². The number of phosphoric acid groups is 1. The summed E-state index contributed by atoms with van der Waals surface area (Å²) in [7, 11) is -2.62. The first-order valence-corrected chi connectivity index (χ1v) is 47.4. The highest BCUT2D eigenvalue weighted by Crippen LogP contribution is 2.43. The summed E-state index contributed by atoms with van der Waals surface area (Å²) in [5.74, 6) is -0.651. The minimum Gasteiger partial charge on any atom is -0.462 e. The van der Waals surface area contributed by atoms with Crippen LogP contribution in [0.15, 0.2) is 58.7 Å². The van der Waals surface area contributed by atoms with E-state index >= 15 is 0 Å². The van der Waals surface area contributed by atoms with E-state index < -0.39 is 19.9 Å². The Morgan fingerprint density at radius 3 is 1.21 bits per heavy atom. The predicted molar refractivity (Wildman–Crippen MR) is 472 cm³/mol. The summed E-state index contributed by atoms with van der Waals surface area (Å²) in [6, 6.07) is 0. The molecule has 1 amide bonds. The number of esters is 2. The quantitative estimate of drug-likeness (QED) is 0.0188. The van der Waals surface area contributed by atoms with Crippen molar-refractivity contribution in [2.45, 2.75) is 326 Å². The van der Waals surface area contributed by atoms with E-state index in [0.29, 0.717) is 178 Å². The first-order valence-electron chi connectivity index (χ1n) is 45.9. The van der Waals surface area contributed by atoms with Crippen LogP contribution >= 0.6 is 7.82 Å². The smallest absolute Gasteiger partial charge is 0.462 e. The van der Waals surface area contributed by atoms with Crippen LogP contribution in [0.2, 0.25) is 0 Å². The Balaban J connectivity index is 0. The molecule has 0 heterocycles. The van der Waals surface area contributed by atoms with E-state index in [1.165, 1.54) is 190 Å². The van der Waals surface area contributed by atoms with E-state index in [2.05, 4.69) is 72.0 Å². The van der Waals surface area contributed by atoms with Crippen LogP contribution in [0.3, 0.4) is 0 Å². The van der Waals surface area contributed by atoms with Crippen LogP contribution in [0.25, 0.3) is 0 Å². The van der Waals surface area contributed by atoms with Gasteiger partial charge in [-0.05, 0) is 102 Å². The van der Waals surface area contributed by atoms with Crippen molar-refractivity contribution in [3.8, 4) is 0 Å². The number of carbonyl (C=O) groups excluding carboxylic acids is 4. The highest BCUT2D eigenvalue weighted by atomic mass is 31.2. The fourth-order valence-electron chi connectivity index (χ4n) is 12.6.